The van der Waals surface area contributed by atoms with Crippen molar-refractivity contribution in [2.24, 2.45) is 0 Å². The number of hydrogen-bond acceptors (Lipinski definition) is 2. The number of aryl methyl sites for hydroxylation is 2. The first-order valence-corrected chi connectivity index (χ1v) is 8.98. The number of H-pyrrole nitrogens is 1. The average molecular weight is 367 g/mol. The molecule has 0 amide bonds. The molecule has 0 atom stereocenters. The quantitative estimate of drug-likeness (QED) is 0.534. The van der Waals surface area contributed by atoms with Crippen molar-refractivity contribution in [3.05, 3.63) is 58.8 Å². The maximum atomic E-state index is 14.7. The van der Waals surface area contributed by atoms with E-state index in [0.29, 0.717) is 16.3 Å². The molecule has 1 aliphatic heterocycles. The molecule has 5 rings (SSSR count). The van der Waals surface area contributed by atoms with E-state index in [9.17, 15) is 4.39 Å². The highest BCUT2D eigenvalue weighted by Gasteiger charge is 2.25. The van der Waals surface area contributed by atoms with Crippen LogP contribution in [0, 0.1) is 12.7 Å². The minimum absolute atomic E-state index is 0.346. The van der Waals surface area contributed by atoms with Gasteiger partial charge in [0.15, 0.2) is 0 Å². The molecule has 0 unspecified atom stereocenters. The van der Waals surface area contributed by atoms with E-state index in [-0.39, 0.29) is 5.82 Å². The summed E-state index contributed by atoms with van der Waals surface area (Å²) >= 11 is 6.08. The molecular weight excluding hydrogens is 351 g/mol. The van der Waals surface area contributed by atoms with Crippen LogP contribution in [0.2, 0.25) is 5.02 Å². The van der Waals surface area contributed by atoms with Gasteiger partial charge in [-0.1, -0.05) is 23.7 Å². The van der Waals surface area contributed by atoms with Crippen LogP contribution in [-0.4, -0.2) is 19.7 Å². The van der Waals surface area contributed by atoms with Crippen LogP contribution in [0.3, 0.4) is 0 Å². The Balaban J connectivity index is 1.78. The molecule has 0 spiro atoms. The monoisotopic (exact) mass is 366 g/mol. The molecule has 26 heavy (non-hydrogen) atoms. The summed E-state index contributed by atoms with van der Waals surface area (Å²) in [5.41, 5.74) is 4.92. The molecule has 0 bridgehead atoms. The Kier molecular flexibility index (Phi) is 3.40. The molecule has 0 saturated carbocycles. The lowest BCUT2D eigenvalue weighted by molar-refractivity contribution is 0.630. The van der Waals surface area contributed by atoms with E-state index in [1.54, 1.807) is 12.3 Å². The number of fused-ring (bicyclic) bond motifs is 2. The molecule has 0 radical (unpaired) electrons. The van der Waals surface area contributed by atoms with Gasteiger partial charge in [-0.3, -0.25) is 5.10 Å². The number of nitrogens with zero attached hydrogens (tertiary/aromatic N) is 3. The number of aromatic nitrogens is 4. The largest absolute Gasteiger partial charge is 0.327 e. The number of rotatable bonds is 2. The van der Waals surface area contributed by atoms with E-state index in [2.05, 4.69) is 20.8 Å². The van der Waals surface area contributed by atoms with Crippen molar-refractivity contribution in [2.45, 2.75) is 26.3 Å². The van der Waals surface area contributed by atoms with Gasteiger partial charge >= 0.3 is 0 Å². The predicted octanol–water partition coefficient (Wildman–Crippen LogP) is 5.14. The van der Waals surface area contributed by atoms with Crippen molar-refractivity contribution in [1.82, 2.24) is 19.7 Å². The number of benzene rings is 2. The summed E-state index contributed by atoms with van der Waals surface area (Å²) < 4.78 is 16.9. The van der Waals surface area contributed by atoms with E-state index in [0.717, 1.165) is 52.9 Å². The van der Waals surface area contributed by atoms with Crippen LogP contribution in [0.4, 0.5) is 4.39 Å². The van der Waals surface area contributed by atoms with E-state index in [1.807, 2.05) is 19.1 Å². The molecule has 1 aliphatic rings. The average Bonchev–Trinajstić information content (AvgIpc) is 3.32. The maximum Gasteiger partial charge on any atom is 0.134 e. The highest BCUT2D eigenvalue weighted by molar-refractivity contribution is 6.31. The molecular formula is C20H16ClFN4. The van der Waals surface area contributed by atoms with E-state index in [4.69, 9.17) is 16.6 Å². The van der Waals surface area contributed by atoms with Gasteiger partial charge < -0.3 is 4.57 Å². The van der Waals surface area contributed by atoms with E-state index in [1.165, 1.54) is 6.07 Å². The minimum Gasteiger partial charge on any atom is -0.327 e. The number of nitrogens with one attached hydrogen (secondary N) is 1. The maximum absolute atomic E-state index is 14.7. The summed E-state index contributed by atoms with van der Waals surface area (Å²) in [6, 6.07) is 9.28. The Hall–Kier alpha value is -2.66. The smallest absolute Gasteiger partial charge is 0.134 e. The van der Waals surface area contributed by atoms with Gasteiger partial charge in [0.25, 0.3) is 0 Å². The van der Waals surface area contributed by atoms with Gasteiger partial charge in [-0.25, -0.2) is 9.37 Å². The molecule has 0 fully saturated rings. The first-order chi connectivity index (χ1) is 12.6. The van der Waals surface area contributed by atoms with Crippen LogP contribution in [-0.2, 0) is 13.0 Å². The molecule has 130 valence electrons. The normalized spacial score (nSPS) is 13.5. The predicted molar refractivity (Wildman–Crippen MR) is 101 cm³/mol. The number of imidazole rings is 1. The van der Waals surface area contributed by atoms with Crippen LogP contribution < -0.4 is 0 Å². The lowest BCUT2D eigenvalue weighted by atomic mass is 10.0. The second-order valence-electron chi connectivity index (χ2n) is 6.73. The standard InChI is InChI=1S/C20H16ClFN4/c1-11-7-14(16(22)9-15(11)21)19-20(26-6-2-3-18(26)24-19)12-4-5-13-10-23-25-17(13)8-12/h4-5,7-10H,2-3,6H2,1H3,(H,23,25). The fourth-order valence-electron chi connectivity index (χ4n) is 3.73. The Labute approximate surface area is 154 Å². The van der Waals surface area contributed by atoms with Crippen molar-refractivity contribution in [3.63, 3.8) is 0 Å². The third-order valence-electron chi connectivity index (χ3n) is 5.05. The SMILES string of the molecule is Cc1cc(-c2nc3n(c2-c2ccc4cn[nH]c4c2)CCC3)c(F)cc1Cl. The number of aromatic amines is 1. The molecule has 0 aliphatic carbocycles. The van der Waals surface area contributed by atoms with Crippen molar-refractivity contribution in [1.29, 1.82) is 0 Å². The van der Waals surface area contributed by atoms with E-state index >= 15 is 0 Å². The van der Waals surface area contributed by atoms with Crippen molar-refractivity contribution in [2.75, 3.05) is 0 Å². The molecule has 4 aromatic rings. The molecule has 2 aromatic carbocycles. The highest BCUT2D eigenvalue weighted by Crippen LogP contribution is 2.38. The van der Waals surface area contributed by atoms with Crippen LogP contribution >= 0.6 is 11.6 Å². The summed E-state index contributed by atoms with van der Waals surface area (Å²) in [4.78, 5) is 4.79. The van der Waals surface area contributed by atoms with Gasteiger partial charge in [-0.15, -0.1) is 0 Å². The summed E-state index contributed by atoms with van der Waals surface area (Å²) in [6.07, 6.45) is 3.76. The Morgan fingerprint density at radius 2 is 2.12 bits per heavy atom. The van der Waals surface area contributed by atoms with E-state index < -0.39 is 0 Å². The Morgan fingerprint density at radius 3 is 3.00 bits per heavy atom. The zero-order valence-electron chi connectivity index (χ0n) is 14.2. The third kappa shape index (κ3) is 2.27. The van der Waals surface area contributed by atoms with Crippen LogP contribution in [0.15, 0.2) is 36.5 Å². The molecule has 2 aromatic heterocycles. The number of halogens is 2. The zero-order chi connectivity index (χ0) is 17.8. The third-order valence-corrected chi connectivity index (χ3v) is 5.45. The summed E-state index contributed by atoms with van der Waals surface area (Å²) in [5, 5.41) is 8.57. The summed E-state index contributed by atoms with van der Waals surface area (Å²) in [7, 11) is 0. The number of hydrogen-bond donors (Lipinski definition) is 1. The highest BCUT2D eigenvalue weighted by atomic mass is 35.5. The summed E-state index contributed by atoms with van der Waals surface area (Å²) in [6.45, 7) is 2.78. The Morgan fingerprint density at radius 1 is 1.23 bits per heavy atom. The second-order valence-corrected chi connectivity index (χ2v) is 7.14. The van der Waals surface area contributed by atoms with Gasteiger partial charge in [0.2, 0.25) is 0 Å². The van der Waals surface area contributed by atoms with Gasteiger partial charge in [-0.2, -0.15) is 5.10 Å². The molecule has 3 heterocycles. The summed E-state index contributed by atoms with van der Waals surface area (Å²) in [5.74, 6) is 0.660. The van der Waals surface area contributed by atoms with Crippen LogP contribution in [0.5, 0.6) is 0 Å². The molecule has 1 N–H and O–H groups in total. The van der Waals surface area contributed by atoms with Crippen LogP contribution in [0.1, 0.15) is 17.8 Å². The van der Waals surface area contributed by atoms with Gasteiger partial charge in [0, 0.05) is 34.5 Å². The zero-order valence-corrected chi connectivity index (χ0v) is 14.9. The van der Waals surface area contributed by atoms with Gasteiger partial charge in [-0.05, 0) is 37.1 Å². The Bertz CT molecular complexity index is 1160. The molecule has 0 saturated heterocycles. The first kappa shape index (κ1) is 15.6. The molecule has 4 nitrogen and oxygen atoms in total. The van der Waals surface area contributed by atoms with Gasteiger partial charge in [0.05, 0.1) is 23.1 Å². The van der Waals surface area contributed by atoms with Crippen LogP contribution in [0.25, 0.3) is 33.4 Å². The van der Waals surface area contributed by atoms with Crippen molar-refractivity contribution >= 4 is 22.5 Å². The van der Waals surface area contributed by atoms with Crippen molar-refractivity contribution < 1.29 is 4.39 Å². The molecule has 6 heteroatoms. The lowest BCUT2D eigenvalue weighted by Gasteiger charge is -2.10. The lowest BCUT2D eigenvalue weighted by Crippen LogP contribution is -1.97. The van der Waals surface area contributed by atoms with Gasteiger partial charge in [0.1, 0.15) is 11.6 Å². The first-order valence-electron chi connectivity index (χ1n) is 8.61. The minimum atomic E-state index is -0.346. The fraction of sp³-hybridized carbons (Fsp3) is 0.200. The van der Waals surface area contributed by atoms with Crippen molar-refractivity contribution in [3.8, 4) is 22.5 Å². The topological polar surface area (TPSA) is 46.5 Å². The second kappa shape index (κ2) is 5.68. The fourth-order valence-corrected chi connectivity index (χ4v) is 3.88.